The SMILES string of the molecule is C1=C[C@@H]2C=C[C@H]3CC=C1[C@@H]23. The standard InChI is InChI=1S/C10H10/c1-2-8-5-6-9-4-3-7(1)10(8)9/h1-5,7,9-10H,6H2/t7-,9+,10-/m1/s1. The zero-order valence-corrected chi connectivity index (χ0v) is 5.83. The first-order chi connectivity index (χ1) is 4.95. The maximum Gasteiger partial charge on any atom is 0.00243 e. The van der Waals surface area contributed by atoms with Crippen LogP contribution in [0.25, 0.3) is 0 Å². The van der Waals surface area contributed by atoms with Crippen molar-refractivity contribution >= 4 is 0 Å². The molecule has 0 nitrogen and oxygen atoms in total. The molecule has 0 bridgehead atoms. The molecule has 3 aliphatic rings. The maximum atomic E-state index is 2.40. The smallest absolute Gasteiger partial charge is 0.00243 e. The van der Waals surface area contributed by atoms with Gasteiger partial charge >= 0.3 is 0 Å². The van der Waals surface area contributed by atoms with Crippen molar-refractivity contribution < 1.29 is 0 Å². The van der Waals surface area contributed by atoms with E-state index >= 15 is 0 Å². The van der Waals surface area contributed by atoms with E-state index in [1.165, 1.54) is 6.42 Å². The minimum atomic E-state index is 0.763. The molecule has 0 aromatic carbocycles. The second-order valence-electron chi connectivity index (χ2n) is 3.45. The quantitative estimate of drug-likeness (QED) is 0.441. The van der Waals surface area contributed by atoms with Gasteiger partial charge in [0.25, 0.3) is 0 Å². The molecule has 0 heterocycles. The highest BCUT2D eigenvalue weighted by atomic mass is 14.4. The van der Waals surface area contributed by atoms with Crippen molar-refractivity contribution in [2.45, 2.75) is 6.42 Å². The number of rotatable bonds is 0. The van der Waals surface area contributed by atoms with Crippen LogP contribution in [0.15, 0.2) is 36.0 Å². The molecular formula is C10H10. The summed E-state index contributed by atoms with van der Waals surface area (Å²) in [7, 11) is 0. The lowest BCUT2D eigenvalue weighted by Gasteiger charge is -2.11. The normalized spacial score (nSPS) is 46.4. The molecule has 0 amide bonds. The van der Waals surface area contributed by atoms with Crippen LogP contribution in [0.5, 0.6) is 0 Å². The molecular weight excluding hydrogens is 120 g/mol. The van der Waals surface area contributed by atoms with E-state index in [4.69, 9.17) is 0 Å². The first-order valence-electron chi connectivity index (χ1n) is 4.02. The predicted molar refractivity (Wildman–Crippen MR) is 41.5 cm³/mol. The fourth-order valence-corrected chi connectivity index (χ4v) is 2.48. The van der Waals surface area contributed by atoms with Gasteiger partial charge in [-0.25, -0.2) is 0 Å². The Hall–Kier alpha value is -0.780. The van der Waals surface area contributed by atoms with Gasteiger partial charge in [0.2, 0.25) is 0 Å². The third-order valence-electron chi connectivity index (χ3n) is 2.98. The summed E-state index contributed by atoms with van der Waals surface area (Å²) in [5.41, 5.74) is 1.60. The third kappa shape index (κ3) is 0.406. The van der Waals surface area contributed by atoms with Crippen LogP contribution in [-0.2, 0) is 0 Å². The molecule has 0 aromatic rings. The summed E-state index contributed by atoms with van der Waals surface area (Å²) in [5.74, 6) is 2.48. The summed E-state index contributed by atoms with van der Waals surface area (Å²) in [6, 6.07) is 0. The Morgan fingerprint density at radius 1 is 1.20 bits per heavy atom. The van der Waals surface area contributed by atoms with Gasteiger partial charge in [-0.05, 0) is 23.8 Å². The van der Waals surface area contributed by atoms with Crippen molar-refractivity contribution in [1.82, 2.24) is 0 Å². The first-order valence-corrected chi connectivity index (χ1v) is 4.02. The number of hydrogen-bond acceptors (Lipinski definition) is 0. The fourth-order valence-electron chi connectivity index (χ4n) is 2.48. The first kappa shape index (κ1) is 4.95. The average molecular weight is 130 g/mol. The minimum absolute atomic E-state index is 0.763. The summed E-state index contributed by atoms with van der Waals surface area (Å²) < 4.78 is 0. The summed E-state index contributed by atoms with van der Waals surface area (Å²) >= 11 is 0. The zero-order valence-electron chi connectivity index (χ0n) is 5.83. The molecule has 50 valence electrons. The molecule has 0 aromatic heterocycles. The van der Waals surface area contributed by atoms with Crippen molar-refractivity contribution in [2.24, 2.45) is 17.8 Å². The Morgan fingerprint density at radius 3 is 3.20 bits per heavy atom. The van der Waals surface area contributed by atoms with Crippen molar-refractivity contribution in [1.29, 1.82) is 0 Å². The van der Waals surface area contributed by atoms with Gasteiger partial charge in [-0.15, -0.1) is 0 Å². The van der Waals surface area contributed by atoms with Gasteiger partial charge < -0.3 is 0 Å². The topological polar surface area (TPSA) is 0 Å². The van der Waals surface area contributed by atoms with E-state index < -0.39 is 0 Å². The van der Waals surface area contributed by atoms with E-state index in [0.29, 0.717) is 0 Å². The van der Waals surface area contributed by atoms with Gasteiger partial charge in [-0.3, -0.25) is 0 Å². The lowest BCUT2D eigenvalue weighted by atomic mass is 9.92. The Balaban J connectivity index is 2.16. The molecule has 0 aliphatic heterocycles. The van der Waals surface area contributed by atoms with Crippen molar-refractivity contribution in [2.75, 3.05) is 0 Å². The van der Waals surface area contributed by atoms with E-state index in [1.54, 1.807) is 5.57 Å². The molecule has 3 atom stereocenters. The molecule has 0 radical (unpaired) electrons. The summed E-state index contributed by atoms with van der Waals surface area (Å²) in [6.07, 6.45) is 13.1. The average Bonchev–Trinajstić information content (AvgIpc) is 2.56. The molecule has 0 saturated carbocycles. The van der Waals surface area contributed by atoms with Gasteiger partial charge in [0.1, 0.15) is 0 Å². The third-order valence-corrected chi connectivity index (χ3v) is 2.98. The van der Waals surface area contributed by atoms with Gasteiger partial charge in [-0.1, -0.05) is 30.4 Å². The Labute approximate surface area is 60.9 Å². The Morgan fingerprint density at radius 2 is 2.20 bits per heavy atom. The van der Waals surface area contributed by atoms with Crippen LogP contribution in [0.3, 0.4) is 0 Å². The predicted octanol–water partition coefficient (Wildman–Crippen LogP) is 2.30. The second-order valence-corrected chi connectivity index (χ2v) is 3.45. The monoisotopic (exact) mass is 130 g/mol. The molecule has 3 rings (SSSR count). The van der Waals surface area contributed by atoms with Crippen LogP contribution in [0.2, 0.25) is 0 Å². The zero-order chi connectivity index (χ0) is 6.55. The van der Waals surface area contributed by atoms with E-state index in [1.807, 2.05) is 0 Å². The van der Waals surface area contributed by atoms with Crippen LogP contribution in [-0.4, -0.2) is 0 Å². The number of hydrogen-bond donors (Lipinski definition) is 0. The van der Waals surface area contributed by atoms with Crippen molar-refractivity contribution in [3.63, 3.8) is 0 Å². The molecule has 0 saturated heterocycles. The highest BCUT2D eigenvalue weighted by Crippen LogP contribution is 2.48. The van der Waals surface area contributed by atoms with Crippen molar-refractivity contribution in [3.8, 4) is 0 Å². The highest BCUT2D eigenvalue weighted by Gasteiger charge is 2.37. The lowest BCUT2D eigenvalue weighted by Crippen LogP contribution is -2.06. The Kier molecular flexibility index (Phi) is 0.715. The van der Waals surface area contributed by atoms with E-state index in [2.05, 4.69) is 30.4 Å². The van der Waals surface area contributed by atoms with Crippen molar-refractivity contribution in [3.05, 3.63) is 36.0 Å². The Bertz CT molecular complexity index is 255. The van der Waals surface area contributed by atoms with Gasteiger partial charge in [-0.2, -0.15) is 0 Å². The molecule has 0 fully saturated rings. The summed E-state index contributed by atoms with van der Waals surface area (Å²) in [4.78, 5) is 0. The minimum Gasteiger partial charge on any atom is -0.0839 e. The van der Waals surface area contributed by atoms with Crippen LogP contribution in [0.4, 0.5) is 0 Å². The van der Waals surface area contributed by atoms with E-state index in [-0.39, 0.29) is 0 Å². The molecule has 0 heteroatoms. The largest absolute Gasteiger partial charge is 0.0839 e. The van der Waals surface area contributed by atoms with Crippen LogP contribution in [0.1, 0.15) is 6.42 Å². The van der Waals surface area contributed by atoms with Crippen LogP contribution >= 0.6 is 0 Å². The highest BCUT2D eigenvalue weighted by molar-refractivity contribution is 5.41. The van der Waals surface area contributed by atoms with Crippen LogP contribution < -0.4 is 0 Å². The molecule has 10 heavy (non-hydrogen) atoms. The summed E-state index contributed by atoms with van der Waals surface area (Å²) in [6.45, 7) is 0. The van der Waals surface area contributed by atoms with E-state index in [9.17, 15) is 0 Å². The fraction of sp³-hybridized carbons (Fsp3) is 0.400. The molecule has 0 unspecified atom stereocenters. The lowest BCUT2D eigenvalue weighted by molar-refractivity contribution is 0.489. The van der Waals surface area contributed by atoms with Gasteiger partial charge in [0.05, 0.1) is 0 Å². The molecule has 0 spiro atoms. The van der Waals surface area contributed by atoms with Gasteiger partial charge in [0.15, 0.2) is 0 Å². The van der Waals surface area contributed by atoms with Gasteiger partial charge in [0, 0.05) is 5.92 Å². The number of allylic oxidation sites excluding steroid dienone is 6. The molecule has 0 N–H and O–H groups in total. The maximum absolute atomic E-state index is 2.40. The van der Waals surface area contributed by atoms with E-state index in [0.717, 1.165) is 17.8 Å². The summed E-state index contributed by atoms with van der Waals surface area (Å²) in [5, 5.41) is 0. The van der Waals surface area contributed by atoms with Crippen LogP contribution in [0, 0.1) is 17.8 Å². The molecule has 3 aliphatic carbocycles. The second kappa shape index (κ2) is 1.45.